The maximum Gasteiger partial charge on any atom is 0.277 e. The first kappa shape index (κ1) is 19.4. The van der Waals surface area contributed by atoms with Crippen LogP contribution in [0.1, 0.15) is 61.7 Å². The molecule has 0 N–H and O–H groups in total. The van der Waals surface area contributed by atoms with E-state index >= 15 is 0 Å². The summed E-state index contributed by atoms with van der Waals surface area (Å²) in [6, 6.07) is 6.07. The smallest absolute Gasteiger partial charge is 0.277 e. The number of aryl methyl sites for hydroxylation is 2. The Balaban J connectivity index is 1.60. The highest BCUT2D eigenvalue weighted by molar-refractivity contribution is 7.99. The number of hydrogen-bond donors (Lipinski definition) is 0. The van der Waals surface area contributed by atoms with Crippen LogP contribution < -0.4 is 4.74 Å². The molecule has 0 saturated carbocycles. The minimum atomic E-state index is -0.158. The van der Waals surface area contributed by atoms with Gasteiger partial charge in [-0.2, -0.15) is 4.98 Å². The topological polar surface area (TPSA) is 87.1 Å². The van der Waals surface area contributed by atoms with Crippen molar-refractivity contribution in [1.29, 1.82) is 0 Å². The molecule has 0 radical (unpaired) electrons. The highest BCUT2D eigenvalue weighted by Gasteiger charge is 2.24. The van der Waals surface area contributed by atoms with Gasteiger partial charge in [-0.3, -0.25) is 0 Å². The van der Waals surface area contributed by atoms with Crippen LogP contribution in [0.5, 0.6) is 5.75 Å². The van der Waals surface area contributed by atoms with Crippen molar-refractivity contribution in [3.8, 4) is 5.75 Å². The van der Waals surface area contributed by atoms with Gasteiger partial charge in [0.2, 0.25) is 5.89 Å². The Morgan fingerprint density at radius 2 is 1.96 bits per heavy atom. The van der Waals surface area contributed by atoms with E-state index in [2.05, 4.69) is 20.3 Å². The zero-order valence-corrected chi connectivity index (χ0v) is 17.3. The molecule has 1 aromatic carbocycles. The summed E-state index contributed by atoms with van der Waals surface area (Å²) in [7, 11) is 0. The fraction of sp³-hybridized carbons (Fsp3) is 0.474. The normalized spacial score (nSPS) is 13.0. The lowest BCUT2D eigenvalue weighted by Crippen LogP contribution is -2.13. The number of ether oxygens (including phenoxy) is 1. The molecule has 3 aromatic rings. The van der Waals surface area contributed by atoms with Crippen LogP contribution in [-0.2, 0) is 12.0 Å². The lowest BCUT2D eigenvalue weighted by molar-refractivity contribution is 0.250. The summed E-state index contributed by atoms with van der Waals surface area (Å²) >= 11 is 1.38. The van der Waals surface area contributed by atoms with Crippen molar-refractivity contribution in [2.45, 2.75) is 64.0 Å². The molecule has 0 aliphatic carbocycles. The fourth-order valence-corrected chi connectivity index (χ4v) is 2.98. The third-order valence-electron chi connectivity index (χ3n) is 3.88. The van der Waals surface area contributed by atoms with Gasteiger partial charge in [0.1, 0.15) is 5.75 Å². The zero-order valence-electron chi connectivity index (χ0n) is 16.4. The van der Waals surface area contributed by atoms with Gasteiger partial charge in [-0.05, 0) is 38.0 Å². The Kier molecular flexibility index (Phi) is 5.55. The van der Waals surface area contributed by atoms with Gasteiger partial charge in [0, 0.05) is 5.41 Å². The first-order valence-electron chi connectivity index (χ1n) is 8.75. The summed E-state index contributed by atoms with van der Waals surface area (Å²) in [5.41, 5.74) is 2.05. The first-order chi connectivity index (χ1) is 12.7. The van der Waals surface area contributed by atoms with E-state index in [1.54, 1.807) is 0 Å². The molecule has 0 spiro atoms. The van der Waals surface area contributed by atoms with Crippen molar-refractivity contribution in [1.82, 2.24) is 20.3 Å². The standard InChI is InChI=1S/C19H24N4O3S/c1-11-7-8-12(2)14(9-11)24-10-15-21-22-18(25-15)27-13(3)16-20-17(23-26-16)19(4,5)6/h7-9,13H,10H2,1-6H3. The Morgan fingerprint density at radius 1 is 1.19 bits per heavy atom. The number of rotatable bonds is 6. The number of hydrogen-bond acceptors (Lipinski definition) is 8. The molecule has 3 rings (SSSR count). The first-order valence-corrected chi connectivity index (χ1v) is 9.63. The lowest BCUT2D eigenvalue weighted by Gasteiger charge is -2.11. The summed E-state index contributed by atoms with van der Waals surface area (Å²) in [6.45, 7) is 12.3. The molecule has 2 heterocycles. The second kappa shape index (κ2) is 7.72. The van der Waals surface area contributed by atoms with Crippen molar-refractivity contribution in [2.24, 2.45) is 0 Å². The van der Waals surface area contributed by atoms with E-state index in [-0.39, 0.29) is 17.3 Å². The van der Waals surface area contributed by atoms with Crippen LogP contribution in [0.3, 0.4) is 0 Å². The Hall–Kier alpha value is -2.35. The van der Waals surface area contributed by atoms with Gasteiger partial charge >= 0.3 is 0 Å². The predicted octanol–water partition coefficient (Wildman–Crippen LogP) is 4.80. The quantitative estimate of drug-likeness (QED) is 0.557. The van der Waals surface area contributed by atoms with Gasteiger partial charge in [-0.25, -0.2) is 0 Å². The molecule has 8 heteroatoms. The van der Waals surface area contributed by atoms with Gasteiger partial charge in [0.05, 0.1) is 5.25 Å². The second-order valence-corrected chi connectivity index (χ2v) is 8.78. The zero-order chi connectivity index (χ0) is 19.6. The molecule has 0 amide bonds. The molecule has 0 aliphatic rings. The van der Waals surface area contributed by atoms with E-state index in [1.807, 2.05) is 59.7 Å². The third-order valence-corrected chi connectivity index (χ3v) is 4.80. The average Bonchev–Trinajstić information content (AvgIpc) is 3.24. The van der Waals surface area contributed by atoms with Crippen molar-refractivity contribution in [3.05, 3.63) is 46.9 Å². The monoisotopic (exact) mass is 388 g/mol. The van der Waals surface area contributed by atoms with Crippen LogP contribution in [0.15, 0.2) is 32.4 Å². The Bertz CT molecular complexity index is 914. The summed E-state index contributed by atoms with van der Waals surface area (Å²) < 4.78 is 16.8. The summed E-state index contributed by atoms with van der Waals surface area (Å²) in [6.07, 6.45) is 0. The highest BCUT2D eigenvalue weighted by Crippen LogP contribution is 2.34. The van der Waals surface area contributed by atoms with E-state index in [1.165, 1.54) is 11.8 Å². The maximum absolute atomic E-state index is 5.80. The summed E-state index contributed by atoms with van der Waals surface area (Å²) in [5.74, 6) is 2.46. The minimum absolute atomic E-state index is 0.0955. The highest BCUT2D eigenvalue weighted by atomic mass is 32.2. The van der Waals surface area contributed by atoms with E-state index in [0.717, 1.165) is 16.9 Å². The Morgan fingerprint density at radius 3 is 2.67 bits per heavy atom. The van der Waals surface area contributed by atoms with E-state index in [4.69, 9.17) is 13.7 Å². The molecule has 1 atom stereocenters. The Labute approximate surface area is 162 Å². The van der Waals surface area contributed by atoms with Crippen LogP contribution in [0.25, 0.3) is 0 Å². The lowest BCUT2D eigenvalue weighted by atomic mass is 9.96. The van der Waals surface area contributed by atoms with E-state index in [9.17, 15) is 0 Å². The van der Waals surface area contributed by atoms with Crippen LogP contribution in [0, 0.1) is 13.8 Å². The SMILES string of the molecule is Cc1ccc(C)c(OCc2nnc(SC(C)c3nc(C(C)(C)C)no3)o2)c1. The summed E-state index contributed by atoms with van der Waals surface area (Å²) in [4.78, 5) is 4.47. The molecule has 0 saturated heterocycles. The summed E-state index contributed by atoms with van der Waals surface area (Å²) in [5, 5.41) is 12.5. The van der Waals surface area contributed by atoms with Crippen LogP contribution in [-0.4, -0.2) is 20.3 Å². The number of nitrogens with zero attached hydrogens (tertiary/aromatic N) is 4. The van der Waals surface area contributed by atoms with Gasteiger partial charge < -0.3 is 13.7 Å². The third kappa shape index (κ3) is 4.88. The van der Waals surface area contributed by atoms with Crippen LogP contribution >= 0.6 is 11.8 Å². The fourth-order valence-electron chi connectivity index (χ4n) is 2.25. The second-order valence-electron chi connectivity index (χ2n) is 7.49. The molecule has 0 fully saturated rings. The molecule has 7 nitrogen and oxygen atoms in total. The largest absolute Gasteiger partial charge is 0.484 e. The number of thioether (sulfide) groups is 1. The molecule has 0 aliphatic heterocycles. The predicted molar refractivity (Wildman–Crippen MR) is 102 cm³/mol. The van der Waals surface area contributed by atoms with Crippen molar-refractivity contribution >= 4 is 11.8 Å². The van der Waals surface area contributed by atoms with E-state index < -0.39 is 0 Å². The molecule has 27 heavy (non-hydrogen) atoms. The van der Waals surface area contributed by atoms with Crippen molar-refractivity contribution < 1.29 is 13.7 Å². The maximum atomic E-state index is 5.80. The molecule has 1 unspecified atom stereocenters. The van der Waals surface area contributed by atoms with Crippen LogP contribution in [0.4, 0.5) is 0 Å². The van der Waals surface area contributed by atoms with Gasteiger partial charge in [-0.15, -0.1) is 10.2 Å². The van der Waals surface area contributed by atoms with E-state index in [0.29, 0.717) is 22.8 Å². The molecule has 2 aromatic heterocycles. The molecule has 0 bridgehead atoms. The molecular weight excluding hydrogens is 364 g/mol. The minimum Gasteiger partial charge on any atom is -0.484 e. The molecular formula is C19H24N4O3S. The number of aromatic nitrogens is 4. The van der Waals surface area contributed by atoms with Gasteiger partial charge in [-0.1, -0.05) is 49.8 Å². The average molecular weight is 388 g/mol. The van der Waals surface area contributed by atoms with Gasteiger partial charge in [0.15, 0.2) is 12.4 Å². The number of benzene rings is 1. The molecule has 144 valence electrons. The van der Waals surface area contributed by atoms with Crippen molar-refractivity contribution in [2.75, 3.05) is 0 Å². The van der Waals surface area contributed by atoms with Gasteiger partial charge in [0.25, 0.3) is 11.1 Å². The van der Waals surface area contributed by atoms with Crippen molar-refractivity contribution in [3.63, 3.8) is 0 Å². The van der Waals surface area contributed by atoms with Crippen LogP contribution in [0.2, 0.25) is 0 Å².